The van der Waals surface area contributed by atoms with E-state index >= 15 is 0 Å². The smallest absolute Gasteiger partial charge is 0.123 e. The first-order valence-electron chi connectivity index (χ1n) is 6.89. The van der Waals surface area contributed by atoms with E-state index in [1.807, 2.05) is 7.05 Å². The van der Waals surface area contributed by atoms with Gasteiger partial charge < -0.3 is 5.32 Å². The van der Waals surface area contributed by atoms with E-state index in [-0.39, 0.29) is 11.9 Å². The molecule has 0 saturated heterocycles. The molecule has 0 radical (unpaired) electrons. The minimum Gasteiger partial charge on any atom is -0.316 e. The van der Waals surface area contributed by atoms with Crippen LogP contribution in [0.3, 0.4) is 0 Å². The maximum absolute atomic E-state index is 13.3. The van der Waals surface area contributed by atoms with Crippen LogP contribution in [0.15, 0.2) is 47.4 Å². The van der Waals surface area contributed by atoms with Crippen molar-refractivity contribution in [3.05, 3.63) is 64.4 Å². The van der Waals surface area contributed by atoms with Gasteiger partial charge in [0.25, 0.3) is 0 Å². The number of benzene rings is 2. The van der Waals surface area contributed by atoms with Crippen LogP contribution >= 0.6 is 23.4 Å². The Labute approximate surface area is 134 Å². The third-order valence-corrected chi connectivity index (χ3v) is 4.90. The van der Waals surface area contributed by atoms with Crippen LogP contribution in [0, 0.1) is 12.7 Å². The van der Waals surface area contributed by atoms with Crippen molar-refractivity contribution in [3.8, 4) is 0 Å². The van der Waals surface area contributed by atoms with Gasteiger partial charge >= 0.3 is 0 Å². The number of hydrogen-bond donors (Lipinski definition) is 1. The Morgan fingerprint density at radius 3 is 2.57 bits per heavy atom. The second-order valence-electron chi connectivity index (χ2n) is 5.05. The van der Waals surface area contributed by atoms with Gasteiger partial charge in [0.05, 0.1) is 0 Å². The van der Waals surface area contributed by atoms with E-state index in [0.717, 1.165) is 11.3 Å². The fourth-order valence-electron chi connectivity index (χ4n) is 2.04. The van der Waals surface area contributed by atoms with Gasteiger partial charge in [-0.25, -0.2) is 4.39 Å². The summed E-state index contributed by atoms with van der Waals surface area (Å²) in [6.07, 6.45) is 0.714. The van der Waals surface area contributed by atoms with Crippen LogP contribution in [0.4, 0.5) is 4.39 Å². The molecule has 2 aromatic rings. The first kappa shape index (κ1) is 16.3. The summed E-state index contributed by atoms with van der Waals surface area (Å²) in [6.45, 7) is 2.08. The Kier molecular flexibility index (Phi) is 6.09. The van der Waals surface area contributed by atoms with Gasteiger partial charge in [0.15, 0.2) is 0 Å². The van der Waals surface area contributed by atoms with Gasteiger partial charge in [0, 0.05) is 21.7 Å². The summed E-state index contributed by atoms with van der Waals surface area (Å²) in [5.41, 5.74) is 2.11. The molecule has 1 unspecified atom stereocenters. The number of nitrogens with one attached hydrogen (secondary N) is 1. The molecule has 0 bridgehead atoms. The largest absolute Gasteiger partial charge is 0.316 e. The number of halogens is 2. The molecule has 0 aliphatic rings. The van der Waals surface area contributed by atoms with Gasteiger partial charge in [-0.05, 0) is 56.3 Å². The van der Waals surface area contributed by atoms with E-state index in [1.54, 1.807) is 17.8 Å². The molecule has 0 aliphatic heterocycles. The van der Waals surface area contributed by atoms with Gasteiger partial charge in [-0.2, -0.15) is 0 Å². The number of rotatable bonds is 6. The molecule has 0 spiro atoms. The number of thioether (sulfide) groups is 1. The quantitative estimate of drug-likeness (QED) is 0.773. The molecule has 1 nitrogen and oxygen atoms in total. The van der Waals surface area contributed by atoms with Gasteiger partial charge in [-0.3, -0.25) is 0 Å². The summed E-state index contributed by atoms with van der Waals surface area (Å²) in [5.74, 6) is 0.669. The van der Waals surface area contributed by atoms with Crippen LogP contribution in [0.1, 0.15) is 11.1 Å². The maximum atomic E-state index is 13.3. The van der Waals surface area contributed by atoms with E-state index in [0.29, 0.717) is 11.4 Å². The molecule has 0 saturated carbocycles. The van der Waals surface area contributed by atoms with Crippen molar-refractivity contribution >= 4 is 23.4 Å². The van der Waals surface area contributed by atoms with Crippen molar-refractivity contribution in [2.24, 2.45) is 0 Å². The zero-order chi connectivity index (χ0) is 15.2. The average Bonchev–Trinajstić information content (AvgIpc) is 2.48. The van der Waals surface area contributed by atoms with E-state index in [1.165, 1.54) is 22.6 Å². The molecule has 0 fully saturated rings. The number of likely N-dealkylation sites (N-methyl/N-ethyl adjacent to an activating group) is 1. The minimum atomic E-state index is -0.240. The number of aryl methyl sites for hydroxylation is 1. The Morgan fingerprint density at radius 2 is 1.90 bits per heavy atom. The van der Waals surface area contributed by atoms with Crippen LogP contribution in [-0.2, 0) is 6.42 Å². The first-order valence-corrected chi connectivity index (χ1v) is 8.25. The summed E-state index contributed by atoms with van der Waals surface area (Å²) in [7, 11) is 1.92. The van der Waals surface area contributed by atoms with Crippen molar-refractivity contribution in [2.45, 2.75) is 24.3 Å². The van der Waals surface area contributed by atoms with Crippen molar-refractivity contribution in [1.29, 1.82) is 0 Å². The predicted octanol–water partition coefficient (Wildman–Crippen LogP) is 4.71. The second kappa shape index (κ2) is 7.83. The van der Waals surface area contributed by atoms with E-state index < -0.39 is 0 Å². The van der Waals surface area contributed by atoms with Crippen LogP contribution in [0.5, 0.6) is 0 Å². The molecule has 0 aromatic heterocycles. The van der Waals surface area contributed by atoms with Crippen LogP contribution < -0.4 is 5.32 Å². The van der Waals surface area contributed by atoms with Crippen LogP contribution in [0.2, 0.25) is 5.02 Å². The third-order valence-electron chi connectivity index (χ3n) is 3.35. The normalized spacial score (nSPS) is 12.4. The topological polar surface area (TPSA) is 12.0 Å². The summed E-state index contributed by atoms with van der Waals surface area (Å²) in [4.78, 5) is 1.24. The molecule has 21 heavy (non-hydrogen) atoms. The summed E-state index contributed by atoms with van der Waals surface area (Å²) in [6, 6.07) is 13.2. The Hall–Kier alpha value is -1.03. The highest BCUT2D eigenvalue weighted by atomic mass is 35.5. The van der Waals surface area contributed by atoms with Crippen molar-refractivity contribution in [1.82, 2.24) is 5.32 Å². The van der Waals surface area contributed by atoms with Gasteiger partial charge in [-0.15, -0.1) is 11.8 Å². The lowest BCUT2D eigenvalue weighted by molar-refractivity contribution is 0.603. The molecular formula is C17H19ClFNS. The van der Waals surface area contributed by atoms with Gasteiger partial charge in [-0.1, -0.05) is 29.3 Å². The third kappa shape index (κ3) is 5.03. The number of hydrogen-bond acceptors (Lipinski definition) is 2. The van der Waals surface area contributed by atoms with E-state index in [4.69, 9.17) is 11.6 Å². The molecular weight excluding hydrogens is 305 g/mol. The van der Waals surface area contributed by atoms with Crippen LogP contribution in [-0.4, -0.2) is 18.8 Å². The molecule has 0 amide bonds. The molecule has 0 aliphatic carbocycles. The lowest BCUT2D eigenvalue weighted by Gasteiger charge is -2.17. The Bertz CT molecular complexity index is 586. The molecule has 1 N–H and O–H groups in total. The summed E-state index contributed by atoms with van der Waals surface area (Å²) in [5, 5.41) is 3.90. The van der Waals surface area contributed by atoms with Crippen molar-refractivity contribution < 1.29 is 4.39 Å². The van der Waals surface area contributed by atoms with Crippen LogP contribution in [0.25, 0.3) is 0 Å². The predicted molar refractivity (Wildman–Crippen MR) is 89.9 cm³/mol. The first-order chi connectivity index (χ1) is 10.1. The van der Waals surface area contributed by atoms with Crippen molar-refractivity contribution in [2.75, 3.05) is 12.8 Å². The Morgan fingerprint density at radius 1 is 1.19 bits per heavy atom. The van der Waals surface area contributed by atoms with Gasteiger partial charge in [0.1, 0.15) is 5.82 Å². The molecule has 2 aromatic carbocycles. The minimum absolute atomic E-state index is 0.240. The SMILES string of the molecule is CNC(CSc1ccc(C)cc1)Cc1cc(F)ccc1Cl. The molecule has 0 heterocycles. The fourth-order valence-corrected chi connectivity index (χ4v) is 3.24. The molecule has 4 heteroatoms. The standard InChI is InChI=1S/C17H19ClFNS/c1-12-3-6-16(7-4-12)21-11-15(20-2)10-13-9-14(19)5-8-17(13)18/h3-9,15,20H,10-11H2,1-2H3. The molecule has 1 atom stereocenters. The summed E-state index contributed by atoms with van der Waals surface area (Å²) >= 11 is 7.92. The highest BCUT2D eigenvalue weighted by Crippen LogP contribution is 2.23. The highest BCUT2D eigenvalue weighted by Gasteiger charge is 2.11. The fraction of sp³-hybridized carbons (Fsp3) is 0.294. The highest BCUT2D eigenvalue weighted by molar-refractivity contribution is 7.99. The van der Waals surface area contributed by atoms with E-state index in [2.05, 4.69) is 36.5 Å². The van der Waals surface area contributed by atoms with Gasteiger partial charge in [0.2, 0.25) is 0 Å². The monoisotopic (exact) mass is 323 g/mol. The maximum Gasteiger partial charge on any atom is 0.123 e. The molecule has 2 rings (SSSR count). The van der Waals surface area contributed by atoms with E-state index in [9.17, 15) is 4.39 Å². The van der Waals surface area contributed by atoms with Crippen molar-refractivity contribution in [3.63, 3.8) is 0 Å². The Balaban J connectivity index is 1.96. The molecule has 112 valence electrons. The zero-order valence-corrected chi connectivity index (χ0v) is 13.8. The summed E-state index contributed by atoms with van der Waals surface area (Å²) < 4.78 is 13.3. The lowest BCUT2D eigenvalue weighted by Crippen LogP contribution is -2.30. The lowest BCUT2D eigenvalue weighted by atomic mass is 10.1. The average molecular weight is 324 g/mol. The zero-order valence-electron chi connectivity index (χ0n) is 12.2. The second-order valence-corrected chi connectivity index (χ2v) is 6.55.